The summed E-state index contributed by atoms with van der Waals surface area (Å²) in [5.74, 6) is 0.539. The van der Waals surface area contributed by atoms with Gasteiger partial charge in [-0.1, -0.05) is 37.1 Å². The van der Waals surface area contributed by atoms with E-state index < -0.39 is 12.3 Å². The van der Waals surface area contributed by atoms with E-state index in [1.165, 1.54) is 14.2 Å². The lowest BCUT2D eigenvalue weighted by Crippen LogP contribution is -2.24. The van der Waals surface area contributed by atoms with Crippen LogP contribution < -0.4 is 18.9 Å². The molecule has 8 heteroatoms. The molecule has 2 aliphatic rings. The quantitative estimate of drug-likeness (QED) is 0.345. The Balaban J connectivity index is 1.63. The number of hydrogen-bond acceptors (Lipinski definition) is 8. The number of ether oxygens (including phenoxy) is 6. The third-order valence-corrected chi connectivity index (χ3v) is 6.44. The van der Waals surface area contributed by atoms with Crippen LogP contribution in [0.5, 0.6) is 23.0 Å². The minimum atomic E-state index is -0.803. The Morgan fingerprint density at radius 2 is 1.00 bits per heavy atom. The lowest BCUT2D eigenvalue weighted by molar-refractivity contribution is 0.0394. The first kappa shape index (κ1) is 24.0. The Labute approximate surface area is 199 Å². The number of methoxy groups -OCH3 is 2. The second-order valence-electron chi connectivity index (χ2n) is 8.73. The second-order valence-corrected chi connectivity index (χ2v) is 8.73. The number of fused-ring (bicyclic) bond motifs is 1. The summed E-state index contributed by atoms with van der Waals surface area (Å²) in [7, 11) is 2.85. The van der Waals surface area contributed by atoms with Crippen molar-refractivity contribution in [1.29, 1.82) is 0 Å². The molecule has 0 saturated heterocycles. The van der Waals surface area contributed by atoms with Crippen molar-refractivity contribution in [3.63, 3.8) is 0 Å². The summed E-state index contributed by atoms with van der Waals surface area (Å²) in [4.78, 5) is 25.3. The van der Waals surface area contributed by atoms with Crippen molar-refractivity contribution in [1.82, 2.24) is 0 Å². The fourth-order valence-corrected chi connectivity index (χ4v) is 4.76. The van der Waals surface area contributed by atoms with E-state index in [1.54, 1.807) is 24.3 Å². The summed E-state index contributed by atoms with van der Waals surface area (Å²) in [5, 5.41) is 1.03. The predicted molar refractivity (Wildman–Crippen MR) is 125 cm³/mol. The maximum absolute atomic E-state index is 12.6. The van der Waals surface area contributed by atoms with Crippen LogP contribution in [0.1, 0.15) is 64.2 Å². The zero-order chi connectivity index (χ0) is 23.9. The van der Waals surface area contributed by atoms with Gasteiger partial charge in [-0.05, 0) is 51.4 Å². The zero-order valence-electron chi connectivity index (χ0n) is 19.8. The van der Waals surface area contributed by atoms with Crippen molar-refractivity contribution in [2.45, 2.75) is 76.4 Å². The molecule has 0 aliphatic heterocycles. The highest BCUT2D eigenvalue weighted by Crippen LogP contribution is 2.51. The van der Waals surface area contributed by atoms with Crippen LogP contribution in [0.25, 0.3) is 10.8 Å². The second kappa shape index (κ2) is 11.3. The van der Waals surface area contributed by atoms with Crippen LogP contribution in [0.15, 0.2) is 24.3 Å². The van der Waals surface area contributed by atoms with Crippen LogP contribution in [0, 0.1) is 0 Å². The highest BCUT2D eigenvalue weighted by molar-refractivity contribution is 6.00. The van der Waals surface area contributed by atoms with Crippen molar-refractivity contribution >= 4 is 23.1 Å². The SMILES string of the molecule is COc1c(OC)c(OC(=O)OC2CCCCC2)c2ccccc2c1OC(=O)OC1CCCCC1. The van der Waals surface area contributed by atoms with Crippen LogP contribution in [-0.4, -0.2) is 38.7 Å². The third kappa shape index (κ3) is 5.48. The molecule has 0 aromatic heterocycles. The molecule has 2 aromatic carbocycles. The van der Waals surface area contributed by atoms with Crippen molar-refractivity contribution in [2.24, 2.45) is 0 Å². The molecule has 4 rings (SSSR count). The fourth-order valence-electron chi connectivity index (χ4n) is 4.76. The first-order valence-electron chi connectivity index (χ1n) is 12.0. The molecule has 8 nitrogen and oxygen atoms in total. The smallest absolute Gasteiger partial charge is 0.490 e. The lowest BCUT2D eigenvalue weighted by Gasteiger charge is -2.23. The van der Waals surface area contributed by atoms with Gasteiger partial charge in [0.1, 0.15) is 12.2 Å². The van der Waals surface area contributed by atoms with Gasteiger partial charge in [0, 0.05) is 10.8 Å². The summed E-state index contributed by atoms with van der Waals surface area (Å²) in [6, 6.07) is 7.08. The molecule has 184 valence electrons. The fraction of sp³-hybridized carbons (Fsp3) is 0.538. The topological polar surface area (TPSA) is 89.5 Å². The Kier molecular flexibility index (Phi) is 7.98. The molecule has 0 spiro atoms. The molecule has 34 heavy (non-hydrogen) atoms. The molecule has 0 N–H and O–H groups in total. The molecule has 0 amide bonds. The third-order valence-electron chi connectivity index (χ3n) is 6.44. The van der Waals surface area contributed by atoms with Crippen LogP contribution in [0.3, 0.4) is 0 Å². The Morgan fingerprint density at radius 1 is 0.618 bits per heavy atom. The summed E-state index contributed by atoms with van der Waals surface area (Å²) in [5.41, 5.74) is 0. The summed E-state index contributed by atoms with van der Waals surface area (Å²) < 4.78 is 33.4. The largest absolute Gasteiger partial charge is 0.514 e. The van der Waals surface area contributed by atoms with Gasteiger partial charge in [-0.2, -0.15) is 0 Å². The Morgan fingerprint density at radius 3 is 1.35 bits per heavy atom. The number of carbonyl (C=O) groups excluding carboxylic acids is 2. The van der Waals surface area contributed by atoms with E-state index in [0.717, 1.165) is 64.2 Å². The van der Waals surface area contributed by atoms with E-state index >= 15 is 0 Å². The normalized spacial score (nSPS) is 17.1. The molecule has 0 atom stereocenters. The van der Waals surface area contributed by atoms with Gasteiger partial charge in [0.15, 0.2) is 11.5 Å². The van der Waals surface area contributed by atoms with E-state index in [0.29, 0.717) is 10.8 Å². The lowest BCUT2D eigenvalue weighted by atomic mass is 9.98. The number of benzene rings is 2. The molecule has 2 aromatic rings. The molecular weight excluding hydrogens is 440 g/mol. The molecule has 2 aliphatic carbocycles. The van der Waals surface area contributed by atoms with Gasteiger partial charge in [-0.25, -0.2) is 9.59 Å². The van der Waals surface area contributed by atoms with E-state index in [2.05, 4.69) is 0 Å². The minimum Gasteiger partial charge on any atom is -0.490 e. The maximum Gasteiger partial charge on any atom is 0.514 e. The van der Waals surface area contributed by atoms with Crippen molar-refractivity contribution in [2.75, 3.05) is 14.2 Å². The summed E-state index contributed by atoms with van der Waals surface area (Å²) >= 11 is 0. The molecule has 2 saturated carbocycles. The van der Waals surface area contributed by atoms with Gasteiger partial charge in [-0.15, -0.1) is 0 Å². The van der Waals surface area contributed by atoms with E-state index in [4.69, 9.17) is 28.4 Å². The Hall–Kier alpha value is -3.16. The number of carbonyl (C=O) groups is 2. The average Bonchev–Trinajstić information content (AvgIpc) is 2.86. The van der Waals surface area contributed by atoms with E-state index in [1.807, 2.05) is 0 Å². The van der Waals surface area contributed by atoms with Gasteiger partial charge >= 0.3 is 12.3 Å². The Bertz CT molecular complexity index is 925. The average molecular weight is 473 g/mol. The standard InChI is InChI=1S/C26H32O8/c1-29-23-21(33-25(27)31-17-11-5-3-6-12-17)19-15-9-10-16-20(19)22(24(23)30-2)34-26(28)32-18-13-7-4-8-14-18/h9-10,15-18H,3-8,11-14H2,1-2H3. The molecule has 0 unspecified atom stereocenters. The van der Waals surface area contributed by atoms with Crippen LogP contribution in [0.4, 0.5) is 9.59 Å². The van der Waals surface area contributed by atoms with E-state index in [-0.39, 0.29) is 35.2 Å². The zero-order valence-corrected chi connectivity index (χ0v) is 19.8. The van der Waals surface area contributed by atoms with Gasteiger partial charge in [0.2, 0.25) is 11.5 Å². The highest BCUT2D eigenvalue weighted by Gasteiger charge is 2.29. The van der Waals surface area contributed by atoms with Crippen LogP contribution in [0.2, 0.25) is 0 Å². The maximum atomic E-state index is 12.6. The van der Waals surface area contributed by atoms with Crippen molar-refractivity contribution < 1.29 is 38.0 Å². The van der Waals surface area contributed by atoms with E-state index in [9.17, 15) is 9.59 Å². The van der Waals surface area contributed by atoms with Crippen LogP contribution in [-0.2, 0) is 9.47 Å². The van der Waals surface area contributed by atoms with Crippen molar-refractivity contribution in [3.05, 3.63) is 24.3 Å². The summed E-state index contributed by atoms with van der Waals surface area (Å²) in [6.07, 6.45) is 7.80. The first-order valence-corrected chi connectivity index (χ1v) is 12.0. The van der Waals surface area contributed by atoms with Gasteiger partial charge in [-0.3, -0.25) is 0 Å². The molecular formula is C26H32O8. The monoisotopic (exact) mass is 472 g/mol. The molecule has 0 bridgehead atoms. The highest BCUT2D eigenvalue weighted by atomic mass is 16.7. The predicted octanol–water partition coefficient (Wildman–Crippen LogP) is 6.55. The summed E-state index contributed by atoms with van der Waals surface area (Å²) in [6.45, 7) is 0. The van der Waals surface area contributed by atoms with Crippen LogP contribution >= 0.6 is 0 Å². The molecule has 0 heterocycles. The van der Waals surface area contributed by atoms with Gasteiger partial charge in [0.05, 0.1) is 14.2 Å². The van der Waals surface area contributed by atoms with Gasteiger partial charge < -0.3 is 28.4 Å². The number of rotatable bonds is 6. The molecule has 0 radical (unpaired) electrons. The first-order chi connectivity index (χ1) is 16.6. The van der Waals surface area contributed by atoms with Crippen molar-refractivity contribution in [3.8, 4) is 23.0 Å². The minimum absolute atomic E-state index is 0.127. The number of hydrogen-bond donors (Lipinski definition) is 0. The molecule has 2 fully saturated rings. The van der Waals surface area contributed by atoms with Gasteiger partial charge in [0.25, 0.3) is 0 Å².